The predicted molar refractivity (Wildman–Crippen MR) is 176 cm³/mol. The fourth-order valence-corrected chi connectivity index (χ4v) is 6.15. The topological polar surface area (TPSA) is 70.3 Å². The highest BCUT2D eigenvalue weighted by Crippen LogP contribution is 2.39. The van der Waals surface area contributed by atoms with Crippen molar-refractivity contribution in [3.8, 4) is 45.8 Å². The van der Waals surface area contributed by atoms with Crippen molar-refractivity contribution in [1.82, 2.24) is 14.3 Å². The third-order valence-electron chi connectivity index (χ3n) is 8.25. The summed E-state index contributed by atoms with van der Waals surface area (Å²) in [5.41, 5.74) is 10.6. The molecule has 0 unspecified atom stereocenters. The second kappa shape index (κ2) is 10.1. The van der Waals surface area contributed by atoms with Crippen LogP contribution in [0.15, 0.2) is 140 Å². The van der Waals surface area contributed by atoms with Crippen LogP contribution >= 0.6 is 0 Å². The van der Waals surface area contributed by atoms with Crippen LogP contribution in [-0.2, 0) is 0 Å². The molecule has 0 fully saturated rings. The molecule has 8 rings (SSSR count). The van der Waals surface area contributed by atoms with Gasteiger partial charge in [0.25, 0.3) is 0 Å². The van der Waals surface area contributed by atoms with Crippen LogP contribution in [0.2, 0.25) is 0 Å². The molecular weight excluding hydrogens is 538 g/mol. The largest absolute Gasteiger partial charge is 0.308 e. The van der Waals surface area contributed by atoms with E-state index < -0.39 is 0 Å². The van der Waals surface area contributed by atoms with Crippen LogP contribution in [-0.4, -0.2) is 14.3 Å². The van der Waals surface area contributed by atoms with Gasteiger partial charge >= 0.3 is 0 Å². The van der Waals surface area contributed by atoms with Gasteiger partial charge in [-0.05, 0) is 95.1 Å². The molecule has 44 heavy (non-hydrogen) atoms. The summed E-state index contributed by atoms with van der Waals surface area (Å²) in [7, 11) is 0. The molecule has 204 valence electrons. The lowest BCUT2D eigenvalue weighted by Crippen LogP contribution is -1.97. The summed E-state index contributed by atoms with van der Waals surface area (Å²) in [6.45, 7) is 0. The summed E-state index contributed by atoms with van der Waals surface area (Å²) >= 11 is 0. The first-order chi connectivity index (χ1) is 21.7. The van der Waals surface area contributed by atoms with Gasteiger partial charge in [-0.1, -0.05) is 60.7 Å². The van der Waals surface area contributed by atoms with Gasteiger partial charge in [-0.15, -0.1) is 0 Å². The van der Waals surface area contributed by atoms with E-state index in [0.717, 1.165) is 61.0 Å². The number of aromatic nitrogens is 3. The minimum atomic E-state index is 0.623. The predicted octanol–water partition coefficient (Wildman–Crippen LogP) is 9.20. The number of para-hydroxylation sites is 2. The molecule has 0 N–H and O–H groups in total. The minimum Gasteiger partial charge on any atom is -0.308 e. The molecule has 2 heterocycles. The third kappa shape index (κ3) is 4.04. The van der Waals surface area contributed by atoms with Crippen molar-refractivity contribution >= 4 is 32.7 Å². The Morgan fingerprint density at radius 3 is 1.73 bits per heavy atom. The number of benzene rings is 6. The van der Waals surface area contributed by atoms with Crippen LogP contribution in [0.3, 0.4) is 0 Å². The lowest BCUT2D eigenvalue weighted by molar-refractivity contribution is 0.911. The lowest BCUT2D eigenvalue weighted by Gasteiger charge is -2.14. The highest BCUT2D eigenvalue weighted by atomic mass is 15.3. The molecule has 6 aromatic carbocycles. The number of nitriles is 2. The summed E-state index contributed by atoms with van der Waals surface area (Å²) in [6, 6.07) is 49.5. The molecule has 0 amide bonds. The van der Waals surface area contributed by atoms with Gasteiger partial charge in [0, 0.05) is 21.8 Å². The summed E-state index contributed by atoms with van der Waals surface area (Å²) < 4.78 is 4.33. The Morgan fingerprint density at radius 2 is 1.09 bits per heavy atom. The van der Waals surface area contributed by atoms with E-state index in [2.05, 4.69) is 83.4 Å². The van der Waals surface area contributed by atoms with E-state index in [1.165, 1.54) is 5.39 Å². The van der Waals surface area contributed by atoms with Crippen LogP contribution in [0.5, 0.6) is 0 Å². The van der Waals surface area contributed by atoms with Crippen LogP contribution < -0.4 is 0 Å². The van der Waals surface area contributed by atoms with Crippen LogP contribution in [0.25, 0.3) is 66.3 Å². The zero-order valence-corrected chi connectivity index (χ0v) is 23.5. The van der Waals surface area contributed by atoms with E-state index in [1.807, 2.05) is 77.6 Å². The van der Waals surface area contributed by atoms with Gasteiger partial charge in [0.05, 0.1) is 51.7 Å². The average molecular weight is 562 g/mol. The molecule has 0 aliphatic carbocycles. The Balaban J connectivity index is 1.44. The van der Waals surface area contributed by atoms with E-state index >= 15 is 0 Å². The average Bonchev–Trinajstić information content (AvgIpc) is 3.68. The second-order valence-corrected chi connectivity index (χ2v) is 10.8. The van der Waals surface area contributed by atoms with Gasteiger partial charge in [0.15, 0.2) is 0 Å². The fraction of sp³-hybridized carbons (Fsp3) is 0. The normalized spacial score (nSPS) is 11.1. The SMILES string of the molecule is N#Cc1ccc(-c2cc(-c3ccc(C#N)cc3)cc(-n3c4ccccc4c4ccc5c(cnn5-c5ccccc5)c43)c2)cc1. The van der Waals surface area contributed by atoms with E-state index in [1.54, 1.807) is 0 Å². The van der Waals surface area contributed by atoms with Crippen molar-refractivity contribution < 1.29 is 0 Å². The van der Waals surface area contributed by atoms with Gasteiger partial charge < -0.3 is 4.57 Å². The van der Waals surface area contributed by atoms with Crippen molar-refractivity contribution in [3.63, 3.8) is 0 Å². The maximum Gasteiger partial charge on any atom is 0.0991 e. The smallest absolute Gasteiger partial charge is 0.0991 e. The first kappa shape index (κ1) is 25.3. The first-order valence-electron chi connectivity index (χ1n) is 14.3. The highest BCUT2D eigenvalue weighted by molar-refractivity contribution is 6.18. The summed E-state index contributed by atoms with van der Waals surface area (Å²) in [5, 5.41) is 27.0. The molecule has 5 nitrogen and oxygen atoms in total. The fourth-order valence-electron chi connectivity index (χ4n) is 6.15. The van der Waals surface area contributed by atoms with Gasteiger partial charge in [0.2, 0.25) is 0 Å². The molecule has 0 saturated heterocycles. The zero-order chi connectivity index (χ0) is 29.6. The number of fused-ring (bicyclic) bond motifs is 5. The molecule has 2 aromatic heterocycles. The molecule has 8 aromatic rings. The summed E-state index contributed by atoms with van der Waals surface area (Å²) in [4.78, 5) is 0. The summed E-state index contributed by atoms with van der Waals surface area (Å²) in [6.07, 6.45) is 1.96. The Labute approximate surface area is 253 Å². The van der Waals surface area contributed by atoms with Gasteiger partial charge in [-0.25, -0.2) is 4.68 Å². The minimum absolute atomic E-state index is 0.623. The zero-order valence-electron chi connectivity index (χ0n) is 23.5. The quantitative estimate of drug-likeness (QED) is 0.215. The maximum atomic E-state index is 9.38. The standard InChI is InChI=1S/C39H23N5/c40-23-26-10-14-28(15-11-26)30-20-31(29-16-12-27(24-41)13-17-29)22-33(21-30)43-37-9-5-4-8-34(37)35-18-19-38-36(39(35)43)25-42-44(38)32-6-2-1-3-7-32/h1-22,25H. The van der Waals surface area contributed by atoms with Crippen molar-refractivity contribution in [2.45, 2.75) is 0 Å². The highest BCUT2D eigenvalue weighted by Gasteiger charge is 2.19. The van der Waals surface area contributed by atoms with Gasteiger partial charge in [0.1, 0.15) is 0 Å². The van der Waals surface area contributed by atoms with E-state index in [0.29, 0.717) is 11.1 Å². The molecule has 5 heteroatoms. The number of hydrogen-bond donors (Lipinski definition) is 0. The first-order valence-corrected chi connectivity index (χ1v) is 14.3. The third-order valence-corrected chi connectivity index (χ3v) is 8.25. The molecule has 0 atom stereocenters. The van der Waals surface area contributed by atoms with Crippen molar-refractivity contribution in [1.29, 1.82) is 10.5 Å². The number of nitrogens with zero attached hydrogens (tertiary/aromatic N) is 5. The number of hydrogen-bond acceptors (Lipinski definition) is 3. The summed E-state index contributed by atoms with van der Waals surface area (Å²) in [5.74, 6) is 0. The van der Waals surface area contributed by atoms with Crippen LogP contribution in [0.4, 0.5) is 0 Å². The second-order valence-electron chi connectivity index (χ2n) is 10.8. The van der Waals surface area contributed by atoms with E-state index in [4.69, 9.17) is 5.10 Å². The molecule has 0 aliphatic rings. The Hall–Kier alpha value is -6.43. The van der Waals surface area contributed by atoms with Crippen molar-refractivity contribution in [3.05, 3.63) is 151 Å². The van der Waals surface area contributed by atoms with Crippen LogP contribution in [0.1, 0.15) is 11.1 Å². The molecular formula is C39H23N5. The van der Waals surface area contributed by atoms with E-state index in [-0.39, 0.29) is 0 Å². The monoisotopic (exact) mass is 561 g/mol. The molecule has 0 saturated carbocycles. The van der Waals surface area contributed by atoms with E-state index in [9.17, 15) is 10.5 Å². The Bertz CT molecular complexity index is 2360. The lowest BCUT2D eigenvalue weighted by atomic mass is 9.96. The van der Waals surface area contributed by atoms with Crippen molar-refractivity contribution in [2.24, 2.45) is 0 Å². The number of rotatable bonds is 4. The van der Waals surface area contributed by atoms with Crippen molar-refractivity contribution in [2.75, 3.05) is 0 Å². The molecule has 0 aliphatic heterocycles. The Kier molecular flexibility index (Phi) is 5.83. The Morgan fingerprint density at radius 1 is 0.477 bits per heavy atom. The van der Waals surface area contributed by atoms with Gasteiger partial charge in [-0.2, -0.15) is 15.6 Å². The maximum absolute atomic E-state index is 9.38. The molecule has 0 radical (unpaired) electrons. The molecule has 0 spiro atoms. The van der Waals surface area contributed by atoms with Crippen LogP contribution in [0, 0.1) is 22.7 Å². The van der Waals surface area contributed by atoms with Gasteiger partial charge in [-0.3, -0.25) is 0 Å². The molecule has 0 bridgehead atoms.